The maximum absolute atomic E-state index is 9.28. The molecule has 0 spiro atoms. The van der Waals surface area contributed by atoms with Crippen molar-refractivity contribution in [3.63, 3.8) is 0 Å². The first-order chi connectivity index (χ1) is 26.7. The fourth-order valence-corrected chi connectivity index (χ4v) is 6.52. The molecule has 0 amide bonds. The fraction of sp³-hybridized carbons (Fsp3) is 0.0612. The molecule has 0 aliphatic heterocycles. The van der Waals surface area contributed by atoms with E-state index in [9.17, 15) is 2.74 Å². The second-order valence-corrected chi connectivity index (χ2v) is 12.6. The SMILES string of the molecule is [2H]C([2H])(c1ccc(-c2ccccc2)nc1)C([2H])([2H])c1cc(C)cc(-c2ccccc2-c2cnc(-c3ccccc3)cc2-c2ccc(-c3ccccc3)cc2)c1. The summed E-state index contributed by atoms with van der Waals surface area (Å²) in [5.74, 6) is 0. The topological polar surface area (TPSA) is 25.8 Å². The molecule has 51 heavy (non-hydrogen) atoms. The summed E-state index contributed by atoms with van der Waals surface area (Å²) in [6.45, 7) is 1.92. The second-order valence-electron chi connectivity index (χ2n) is 12.6. The molecule has 0 saturated heterocycles. The van der Waals surface area contributed by atoms with Gasteiger partial charge in [-0.15, -0.1) is 0 Å². The van der Waals surface area contributed by atoms with Crippen molar-refractivity contribution in [3.8, 4) is 67.0 Å². The van der Waals surface area contributed by atoms with Crippen LogP contribution in [0.3, 0.4) is 0 Å². The molecule has 2 heteroatoms. The van der Waals surface area contributed by atoms with Crippen molar-refractivity contribution >= 4 is 0 Å². The third kappa shape index (κ3) is 7.18. The third-order valence-corrected chi connectivity index (χ3v) is 9.07. The molecule has 6 aromatic carbocycles. The van der Waals surface area contributed by atoms with Crippen LogP contribution in [0.1, 0.15) is 22.2 Å². The van der Waals surface area contributed by atoms with Gasteiger partial charge in [0.05, 0.1) is 11.4 Å². The van der Waals surface area contributed by atoms with Gasteiger partial charge in [0.25, 0.3) is 0 Å². The summed E-state index contributed by atoms with van der Waals surface area (Å²) in [6.07, 6.45) is -1.38. The average Bonchev–Trinajstić information content (AvgIpc) is 3.24. The number of pyridine rings is 2. The molecule has 0 aliphatic rings. The van der Waals surface area contributed by atoms with Gasteiger partial charge in [-0.1, -0.05) is 169 Å². The molecule has 2 heterocycles. The molecule has 0 radical (unpaired) electrons. The highest BCUT2D eigenvalue weighted by atomic mass is 14.7. The summed E-state index contributed by atoms with van der Waals surface area (Å²) in [4.78, 5) is 9.48. The van der Waals surface area contributed by atoms with Gasteiger partial charge >= 0.3 is 0 Å². The molecule has 0 unspecified atom stereocenters. The van der Waals surface area contributed by atoms with Crippen LogP contribution < -0.4 is 0 Å². The van der Waals surface area contributed by atoms with E-state index >= 15 is 0 Å². The van der Waals surface area contributed by atoms with Crippen molar-refractivity contribution in [3.05, 3.63) is 205 Å². The summed E-state index contributed by atoms with van der Waals surface area (Å²) >= 11 is 0. The van der Waals surface area contributed by atoms with Gasteiger partial charge in [0.2, 0.25) is 0 Å². The zero-order valence-corrected chi connectivity index (χ0v) is 28.3. The van der Waals surface area contributed by atoms with E-state index < -0.39 is 12.7 Å². The molecule has 0 fully saturated rings. The van der Waals surface area contributed by atoms with Crippen LogP contribution in [0.15, 0.2) is 188 Å². The number of benzene rings is 6. The summed E-state index contributed by atoms with van der Waals surface area (Å²) < 4.78 is 36.8. The highest BCUT2D eigenvalue weighted by molar-refractivity contribution is 5.93. The highest BCUT2D eigenvalue weighted by Gasteiger charge is 2.16. The second kappa shape index (κ2) is 14.6. The lowest BCUT2D eigenvalue weighted by Gasteiger charge is -2.17. The molecular formula is C49H38N2. The van der Waals surface area contributed by atoms with Crippen LogP contribution in [-0.4, -0.2) is 9.97 Å². The highest BCUT2D eigenvalue weighted by Crippen LogP contribution is 2.40. The minimum Gasteiger partial charge on any atom is -0.256 e. The van der Waals surface area contributed by atoms with Gasteiger partial charge in [-0.25, -0.2) is 0 Å². The van der Waals surface area contributed by atoms with E-state index in [0.717, 1.165) is 66.9 Å². The van der Waals surface area contributed by atoms with Crippen LogP contribution in [-0.2, 0) is 12.7 Å². The Balaban J connectivity index is 1.21. The van der Waals surface area contributed by atoms with Crippen molar-refractivity contribution in [1.29, 1.82) is 0 Å². The lowest BCUT2D eigenvalue weighted by Crippen LogP contribution is -1.96. The van der Waals surface area contributed by atoms with Gasteiger partial charge < -0.3 is 0 Å². The van der Waals surface area contributed by atoms with Crippen LogP contribution in [0.25, 0.3) is 67.0 Å². The van der Waals surface area contributed by atoms with Crippen molar-refractivity contribution in [2.45, 2.75) is 19.7 Å². The fourth-order valence-electron chi connectivity index (χ4n) is 6.52. The maximum Gasteiger partial charge on any atom is 0.0708 e. The lowest BCUT2D eigenvalue weighted by atomic mass is 9.88. The van der Waals surface area contributed by atoms with Gasteiger partial charge in [0.1, 0.15) is 0 Å². The smallest absolute Gasteiger partial charge is 0.0708 e. The zero-order valence-electron chi connectivity index (χ0n) is 32.3. The molecule has 8 aromatic rings. The van der Waals surface area contributed by atoms with Gasteiger partial charge in [-0.2, -0.15) is 0 Å². The van der Waals surface area contributed by atoms with E-state index in [1.54, 1.807) is 24.3 Å². The first-order valence-corrected chi connectivity index (χ1v) is 17.1. The Hall–Kier alpha value is -6.38. The standard InChI is InChI=1S/C49H38N2/c1-35-29-37(22-21-36-23-28-48(50-33-36)41-15-7-3-8-16-41)31-43(30-35)44-19-11-12-20-45(44)47-34-51-49(42-17-9-4-10-18-42)32-46(47)40-26-24-39(25-27-40)38-13-5-2-6-14-38/h2-20,23-34H,21-22H2,1H3/i21D2,22D2. The van der Waals surface area contributed by atoms with Gasteiger partial charge in [-0.05, 0) is 81.9 Å². The number of rotatable bonds is 9. The average molecular weight is 659 g/mol. The first kappa shape index (κ1) is 27.4. The number of nitrogens with zero attached hydrogens (tertiary/aromatic N) is 2. The van der Waals surface area contributed by atoms with Crippen LogP contribution in [0.2, 0.25) is 0 Å². The molecule has 0 saturated carbocycles. The van der Waals surface area contributed by atoms with E-state index in [1.165, 1.54) is 6.20 Å². The minimum atomic E-state index is -2.39. The molecule has 8 rings (SSSR count). The normalized spacial score (nSPS) is 12.7. The summed E-state index contributed by atoms with van der Waals surface area (Å²) in [6, 6.07) is 58.0. The Morgan fingerprint density at radius 2 is 0.922 bits per heavy atom. The number of aryl methyl sites for hydroxylation is 3. The molecule has 0 bridgehead atoms. The van der Waals surface area contributed by atoms with Crippen LogP contribution >= 0.6 is 0 Å². The monoisotopic (exact) mass is 658 g/mol. The van der Waals surface area contributed by atoms with Crippen molar-refractivity contribution < 1.29 is 5.48 Å². The van der Waals surface area contributed by atoms with Crippen LogP contribution in [0.4, 0.5) is 0 Å². The minimum absolute atomic E-state index is 0.174. The molecule has 2 nitrogen and oxygen atoms in total. The quantitative estimate of drug-likeness (QED) is 0.154. The van der Waals surface area contributed by atoms with E-state index in [2.05, 4.69) is 65.6 Å². The molecule has 2 aromatic heterocycles. The summed E-state index contributed by atoms with van der Waals surface area (Å²) in [7, 11) is 0. The summed E-state index contributed by atoms with van der Waals surface area (Å²) in [5.41, 5.74) is 12.7. The van der Waals surface area contributed by atoms with E-state index in [4.69, 9.17) is 7.73 Å². The van der Waals surface area contributed by atoms with Crippen molar-refractivity contribution in [1.82, 2.24) is 9.97 Å². The van der Waals surface area contributed by atoms with Crippen LogP contribution in [0.5, 0.6) is 0 Å². The Kier molecular flexibility index (Phi) is 7.87. The first-order valence-electron chi connectivity index (χ1n) is 19.1. The van der Waals surface area contributed by atoms with Crippen molar-refractivity contribution in [2.24, 2.45) is 0 Å². The molecule has 0 N–H and O–H groups in total. The van der Waals surface area contributed by atoms with Gasteiger partial charge in [-0.3, -0.25) is 9.97 Å². The van der Waals surface area contributed by atoms with Gasteiger partial charge in [0, 0.05) is 34.6 Å². The molecule has 244 valence electrons. The predicted molar refractivity (Wildman–Crippen MR) is 213 cm³/mol. The third-order valence-electron chi connectivity index (χ3n) is 9.07. The number of hydrogen-bond donors (Lipinski definition) is 0. The van der Waals surface area contributed by atoms with Crippen molar-refractivity contribution in [2.75, 3.05) is 0 Å². The number of aromatic nitrogens is 2. The largest absolute Gasteiger partial charge is 0.256 e. The predicted octanol–water partition coefficient (Wildman–Crippen LogP) is 12.6. The van der Waals surface area contributed by atoms with E-state index in [0.29, 0.717) is 5.69 Å². The maximum atomic E-state index is 9.28. The van der Waals surface area contributed by atoms with Crippen LogP contribution in [0, 0.1) is 6.92 Å². The van der Waals surface area contributed by atoms with E-state index in [1.807, 2.05) is 104 Å². The van der Waals surface area contributed by atoms with Gasteiger partial charge in [0.15, 0.2) is 0 Å². The summed E-state index contributed by atoms with van der Waals surface area (Å²) in [5, 5.41) is 0. The zero-order chi connectivity index (χ0) is 38.0. The Labute approximate surface area is 306 Å². The lowest BCUT2D eigenvalue weighted by molar-refractivity contribution is 0.949. The number of hydrogen-bond acceptors (Lipinski definition) is 2. The molecule has 0 aliphatic carbocycles. The molecule has 0 atom stereocenters. The Morgan fingerprint density at radius 3 is 1.59 bits per heavy atom. The Morgan fingerprint density at radius 1 is 0.373 bits per heavy atom. The molecular weight excluding hydrogens is 617 g/mol. The van der Waals surface area contributed by atoms with E-state index in [-0.39, 0.29) is 11.1 Å². The Bertz CT molecular complexity index is 2570.